The van der Waals surface area contributed by atoms with Gasteiger partial charge in [0.05, 0.1) is 17.7 Å². The number of nitrogens with zero attached hydrogens (tertiary/aromatic N) is 3. The third kappa shape index (κ3) is 3.77. The fourth-order valence-electron chi connectivity index (χ4n) is 2.88. The number of rotatable bonds is 2. The van der Waals surface area contributed by atoms with Crippen LogP contribution in [-0.2, 0) is 7.05 Å². The molecular weight excluding hydrogens is 402 g/mol. The second-order valence-corrected chi connectivity index (χ2v) is 8.76. The first kappa shape index (κ1) is 19.9. The molecule has 0 aliphatic carbocycles. The highest BCUT2D eigenvalue weighted by Gasteiger charge is 2.39. The molecule has 8 heteroatoms. The molecule has 1 aliphatic rings. The Kier molecular flexibility index (Phi) is 6.24. The van der Waals surface area contributed by atoms with Gasteiger partial charge in [-0.25, -0.2) is 9.78 Å². The van der Waals surface area contributed by atoms with Crippen molar-refractivity contribution in [1.82, 2.24) is 9.55 Å². The molecule has 0 fully saturated rings. The van der Waals surface area contributed by atoms with Crippen molar-refractivity contribution in [2.24, 2.45) is 7.05 Å². The van der Waals surface area contributed by atoms with Crippen LogP contribution in [0.2, 0.25) is 4.47 Å². The highest BCUT2D eigenvalue weighted by atomic mass is 35.5. The number of thioether (sulfide) groups is 1. The Labute approximate surface area is 171 Å². The summed E-state index contributed by atoms with van der Waals surface area (Å²) < 4.78 is 3.86. The SMILES string of the molecule is CCC.C[n+]1c(O)c(-c2ccccc2)c(=O)n2c1SCC2c1cnc(Cl)s1. The predicted molar refractivity (Wildman–Crippen MR) is 111 cm³/mol. The highest BCUT2D eigenvalue weighted by Crippen LogP contribution is 2.38. The molecule has 0 saturated heterocycles. The van der Waals surface area contributed by atoms with Crippen LogP contribution in [0.15, 0.2) is 46.5 Å². The van der Waals surface area contributed by atoms with Crippen LogP contribution in [0.5, 0.6) is 5.88 Å². The zero-order valence-electron chi connectivity index (χ0n) is 15.3. The molecule has 5 nitrogen and oxygen atoms in total. The smallest absolute Gasteiger partial charge is 0.350 e. The zero-order valence-corrected chi connectivity index (χ0v) is 17.7. The maximum Gasteiger partial charge on any atom is 0.350 e. The second kappa shape index (κ2) is 8.46. The summed E-state index contributed by atoms with van der Waals surface area (Å²) in [6.45, 7) is 4.25. The third-order valence-electron chi connectivity index (χ3n) is 4.04. The molecule has 142 valence electrons. The van der Waals surface area contributed by atoms with Crippen LogP contribution in [-0.4, -0.2) is 20.4 Å². The average Bonchev–Trinajstić information content (AvgIpc) is 3.28. The van der Waals surface area contributed by atoms with Gasteiger partial charge < -0.3 is 5.11 Å². The Balaban J connectivity index is 0.000000659. The summed E-state index contributed by atoms with van der Waals surface area (Å²) >= 11 is 8.88. The Morgan fingerprint density at radius 3 is 2.59 bits per heavy atom. The summed E-state index contributed by atoms with van der Waals surface area (Å²) in [5.41, 5.74) is 0.806. The van der Waals surface area contributed by atoms with E-state index in [2.05, 4.69) is 18.8 Å². The summed E-state index contributed by atoms with van der Waals surface area (Å²) in [7, 11) is 1.77. The average molecular weight is 423 g/mol. The maximum absolute atomic E-state index is 13.2. The molecule has 2 aromatic heterocycles. The van der Waals surface area contributed by atoms with Gasteiger partial charge in [0.1, 0.15) is 0 Å². The van der Waals surface area contributed by atoms with Crippen LogP contribution in [0, 0.1) is 0 Å². The van der Waals surface area contributed by atoms with Crippen molar-refractivity contribution in [2.45, 2.75) is 31.5 Å². The van der Waals surface area contributed by atoms with Crippen LogP contribution in [0.25, 0.3) is 11.1 Å². The number of aromatic hydroxyl groups is 1. The van der Waals surface area contributed by atoms with Crippen LogP contribution >= 0.6 is 34.7 Å². The van der Waals surface area contributed by atoms with E-state index in [1.165, 1.54) is 17.8 Å². The van der Waals surface area contributed by atoms with Gasteiger partial charge in [-0.1, -0.05) is 62.2 Å². The Morgan fingerprint density at radius 2 is 2.00 bits per heavy atom. The van der Waals surface area contributed by atoms with Crippen molar-refractivity contribution in [1.29, 1.82) is 0 Å². The molecule has 0 amide bonds. The molecule has 4 rings (SSSR count). The van der Waals surface area contributed by atoms with Crippen LogP contribution in [0.1, 0.15) is 31.2 Å². The molecule has 3 aromatic rings. The molecule has 1 N–H and O–H groups in total. The van der Waals surface area contributed by atoms with E-state index in [4.69, 9.17) is 11.6 Å². The predicted octanol–water partition coefficient (Wildman–Crippen LogP) is 4.27. The number of aromatic nitrogens is 3. The molecular formula is C19H21ClN3O2S2+. The van der Waals surface area contributed by atoms with Gasteiger partial charge in [-0.2, -0.15) is 9.13 Å². The van der Waals surface area contributed by atoms with Crippen LogP contribution in [0.4, 0.5) is 0 Å². The number of hydrogen-bond donors (Lipinski definition) is 1. The van der Waals surface area contributed by atoms with E-state index in [-0.39, 0.29) is 17.5 Å². The van der Waals surface area contributed by atoms with Crippen LogP contribution in [0.3, 0.4) is 0 Å². The topological polar surface area (TPSA) is 59.0 Å². The number of thiazole rings is 1. The van der Waals surface area contributed by atoms with Crippen molar-refractivity contribution in [2.75, 3.05) is 5.75 Å². The molecule has 0 spiro atoms. The number of halogens is 1. The van der Waals surface area contributed by atoms with Gasteiger partial charge in [-0.05, 0) is 17.3 Å². The zero-order chi connectivity index (χ0) is 19.6. The minimum Gasteiger partial charge on any atom is -0.477 e. The van der Waals surface area contributed by atoms with Gasteiger partial charge in [0.25, 0.3) is 5.88 Å². The van der Waals surface area contributed by atoms with E-state index >= 15 is 0 Å². The van der Waals surface area contributed by atoms with Gasteiger partial charge in [0.2, 0.25) is 0 Å². The Morgan fingerprint density at radius 1 is 1.33 bits per heavy atom. The van der Waals surface area contributed by atoms with Crippen LogP contribution < -0.4 is 10.1 Å². The molecule has 1 unspecified atom stereocenters. The van der Waals surface area contributed by atoms with Crippen molar-refractivity contribution >= 4 is 34.7 Å². The lowest BCUT2D eigenvalue weighted by Crippen LogP contribution is -2.40. The first-order valence-corrected chi connectivity index (χ1v) is 10.8. The first-order chi connectivity index (χ1) is 13.0. The number of benzene rings is 1. The van der Waals surface area contributed by atoms with E-state index in [1.54, 1.807) is 34.1 Å². The second-order valence-electron chi connectivity index (χ2n) is 6.13. The van der Waals surface area contributed by atoms with E-state index in [0.29, 0.717) is 21.3 Å². The lowest BCUT2D eigenvalue weighted by atomic mass is 10.1. The van der Waals surface area contributed by atoms with E-state index in [1.807, 2.05) is 30.3 Å². The summed E-state index contributed by atoms with van der Waals surface area (Å²) in [5, 5.41) is 11.3. The Bertz CT molecular complexity index is 1000. The highest BCUT2D eigenvalue weighted by molar-refractivity contribution is 7.99. The summed E-state index contributed by atoms with van der Waals surface area (Å²) in [4.78, 5) is 18.2. The molecule has 27 heavy (non-hydrogen) atoms. The minimum atomic E-state index is -0.202. The standard InChI is InChI=1S/C16H12ClN3O2S2.C3H8/c1-19-13(21)12(9-5-3-2-4-6-9)14(22)20-10(8-23-16(19)20)11-7-18-15(17)24-11;1-3-2/h2-7,10H,8H2,1H3;3H2,1-2H3/p+1. The van der Waals surface area contributed by atoms with Gasteiger partial charge in [0.15, 0.2) is 16.1 Å². The molecule has 1 aliphatic heterocycles. The van der Waals surface area contributed by atoms with E-state index in [9.17, 15) is 9.90 Å². The molecule has 3 heterocycles. The third-order valence-corrected chi connectivity index (χ3v) is 6.46. The van der Waals surface area contributed by atoms with Crippen molar-refractivity contribution in [3.63, 3.8) is 0 Å². The van der Waals surface area contributed by atoms with Crippen molar-refractivity contribution < 1.29 is 9.67 Å². The molecule has 1 aromatic carbocycles. The minimum absolute atomic E-state index is 0.0204. The summed E-state index contributed by atoms with van der Waals surface area (Å²) in [6.07, 6.45) is 2.97. The molecule has 0 radical (unpaired) electrons. The lowest BCUT2D eigenvalue weighted by molar-refractivity contribution is -0.720. The van der Waals surface area contributed by atoms with Gasteiger partial charge in [0, 0.05) is 6.20 Å². The summed E-state index contributed by atoms with van der Waals surface area (Å²) in [5.74, 6) is 0.687. The lowest BCUT2D eigenvalue weighted by Gasteiger charge is -2.10. The molecule has 0 bridgehead atoms. The van der Waals surface area contributed by atoms with Crippen molar-refractivity contribution in [3.8, 4) is 17.0 Å². The maximum atomic E-state index is 13.2. The first-order valence-electron chi connectivity index (χ1n) is 8.66. The Hall–Kier alpha value is -1.83. The van der Waals surface area contributed by atoms with Gasteiger partial charge in [-0.15, -0.1) is 11.3 Å². The monoisotopic (exact) mass is 422 g/mol. The number of fused-ring (bicyclic) bond motifs is 1. The van der Waals surface area contributed by atoms with Gasteiger partial charge in [-0.3, -0.25) is 0 Å². The number of hydrogen-bond acceptors (Lipinski definition) is 5. The fourth-order valence-corrected chi connectivity index (χ4v) is 5.29. The van der Waals surface area contributed by atoms with E-state index < -0.39 is 0 Å². The largest absolute Gasteiger partial charge is 0.477 e. The summed E-state index contributed by atoms with van der Waals surface area (Å²) in [6, 6.07) is 9.09. The van der Waals surface area contributed by atoms with Crippen molar-refractivity contribution in [3.05, 3.63) is 56.2 Å². The fraction of sp³-hybridized carbons (Fsp3) is 0.316. The van der Waals surface area contributed by atoms with Gasteiger partial charge >= 0.3 is 10.7 Å². The normalized spacial score (nSPS) is 15.2. The molecule has 1 atom stereocenters. The van der Waals surface area contributed by atoms with E-state index in [0.717, 1.165) is 10.0 Å². The quantitative estimate of drug-likeness (QED) is 0.495. The molecule has 0 saturated carbocycles.